The van der Waals surface area contributed by atoms with Gasteiger partial charge in [-0.1, -0.05) is 121 Å². The van der Waals surface area contributed by atoms with E-state index in [2.05, 4.69) is 0 Å². The second-order valence-corrected chi connectivity index (χ2v) is 8.40. The molecule has 35 heavy (non-hydrogen) atoms. The number of hydrogen-bond acceptors (Lipinski definition) is 3. The average Bonchev–Trinajstić information content (AvgIpc) is 2.92. The van der Waals surface area contributed by atoms with E-state index < -0.39 is 23.3 Å². The highest BCUT2D eigenvalue weighted by molar-refractivity contribution is 5.39. The molecule has 0 saturated carbocycles. The zero-order valence-electron chi connectivity index (χ0n) is 19.1. The Morgan fingerprint density at radius 3 is 1.23 bits per heavy atom. The van der Waals surface area contributed by atoms with Crippen molar-refractivity contribution in [2.45, 2.75) is 12.1 Å². The minimum atomic E-state index is -0.626. The molecule has 0 spiro atoms. The van der Waals surface area contributed by atoms with E-state index in [0.29, 0.717) is 0 Å². The van der Waals surface area contributed by atoms with Crippen molar-refractivity contribution in [2.24, 2.45) is 0 Å². The zero-order chi connectivity index (χ0) is 24.2. The van der Waals surface area contributed by atoms with Gasteiger partial charge in [-0.05, 0) is 22.3 Å². The van der Waals surface area contributed by atoms with Crippen LogP contribution in [0.15, 0.2) is 137 Å². The van der Waals surface area contributed by atoms with Gasteiger partial charge >= 0.3 is 5.69 Å². The Labute approximate surface area is 203 Å². The third-order valence-corrected chi connectivity index (χ3v) is 6.17. The van der Waals surface area contributed by atoms with Crippen molar-refractivity contribution < 1.29 is 0 Å². The van der Waals surface area contributed by atoms with Crippen LogP contribution in [-0.4, -0.2) is 9.13 Å². The lowest BCUT2D eigenvalue weighted by Crippen LogP contribution is -2.44. The van der Waals surface area contributed by atoms with Crippen molar-refractivity contribution in [3.63, 3.8) is 0 Å². The van der Waals surface area contributed by atoms with Crippen LogP contribution in [0.2, 0.25) is 0 Å². The van der Waals surface area contributed by atoms with Gasteiger partial charge in [-0.15, -0.1) is 0 Å². The lowest BCUT2D eigenvalue weighted by molar-refractivity contribution is 0.533. The number of nitrogens with zero attached hydrogens (tertiary/aromatic N) is 2. The molecule has 4 aromatic carbocycles. The third kappa shape index (κ3) is 4.32. The molecule has 0 aliphatic carbocycles. The standard InChI is InChI=1S/C30H25N3O2/c31-26-21-32(27(22-13-5-1-6-14-22)23-15-7-2-8-16-23)30(35)33(29(26)34)28(24-17-9-3-10-18-24)25-19-11-4-12-20-25/h1-21,27-28H,31H2. The first-order valence-corrected chi connectivity index (χ1v) is 11.5. The van der Waals surface area contributed by atoms with E-state index in [1.807, 2.05) is 121 Å². The predicted molar refractivity (Wildman–Crippen MR) is 140 cm³/mol. The van der Waals surface area contributed by atoms with Crippen LogP contribution in [0.5, 0.6) is 0 Å². The fourth-order valence-corrected chi connectivity index (χ4v) is 4.57. The number of benzene rings is 4. The molecule has 0 amide bonds. The monoisotopic (exact) mass is 459 g/mol. The summed E-state index contributed by atoms with van der Waals surface area (Å²) >= 11 is 0. The Morgan fingerprint density at radius 2 is 0.857 bits per heavy atom. The maximum atomic E-state index is 14.2. The first kappa shape index (κ1) is 22.2. The number of anilines is 1. The molecule has 0 bridgehead atoms. The molecule has 172 valence electrons. The van der Waals surface area contributed by atoms with Crippen molar-refractivity contribution in [1.82, 2.24) is 9.13 Å². The first-order valence-electron chi connectivity index (χ1n) is 11.5. The molecular formula is C30H25N3O2. The number of rotatable bonds is 6. The molecule has 0 radical (unpaired) electrons. The van der Waals surface area contributed by atoms with Crippen LogP contribution in [0, 0.1) is 0 Å². The topological polar surface area (TPSA) is 70.0 Å². The summed E-state index contributed by atoms with van der Waals surface area (Å²) in [4.78, 5) is 27.6. The van der Waals surface area contributed by atoms with Crippen LogP contribution in [0.4, 0.5) is 5.69 Å². The Kier molecular flexibility index (Phi) is 6.14. The minimum absolute atomic E-state index is 0.0123. The van der Waals surface area contributed by atoms with Crippen LogP contribution in [-0.2, 0) is 0 Å². The van der Waals surface area contributed by atoms with Crippen LogP contribution >= 0.6 is 0 Å². The summed E-state index contributed by atoms with van der Waals surface area (Å²) in [6.45, 7) is 0. The maximum absolute atomic E-state index is 14.2. The van der Waals surface area contributed by atoms with Gasteiger partial charge in [0.05, 0.1) is 12.1 Å². The summed E-state index contributed by atoms with van der Waals surface area (Å²) in [6, 6.07) is 37.5. The van der Waals surface area contributed by atoms with Crippen molar-refractivity contribution in [1.29, 1.82) is 0 Å². The Hall–Kier alpha value is -4.64. The van der Waals surface area contributed by atoms with E-state index in [0.717, 1.165) is 22.3 Å². The van der Waals surface area contributed by atoms with Crippen molar-refractivity contribution in [2.75, 3.05) is 5.73 Å². The van der Waals surface area contributed by atoms with Crippen molar-refractivity contribution in [3.05, 3.63) is 171 Å². The number of nitrogen functional groups attached to an aromatic ring is 1. The predicted octanol–water partition coefficient (Wildman–Crippen LogP) is 4.87. The number of aromatic nitrogens is 2. The summed E-state index contributed by atoms with van der Waals surface area (Å²) < 4.78 is 2.85. The van der Waals surface area contributed by atoms with E-state index in [4.69, 9.17) is 5.73 Å². The maximum Gasteiger partial charge on any atom is 0.332 e. The largest absolute Gasteiger partial charge is 0.393 e. The lowest BCUT2D eigenvalue weighted by Gasteiger charge is -2.26. The molecule has 1 aromatic heterocycles. The molecule has 5 nitrogen and oxygen atoms in total. The summed E-state index contributed by atoms with van der Waals surface area (Å²) in [5.74, 6) is 0. The average molecular weight is 460 g/mol. The lowest BCUT2D eigenvalue weighted by atomic mass is 9.97. The normalized spacial score (nSPS) is 11.1. The van der Waals surface area contributed by atoms with Crippen LogP contribution in [0.25, 0.3) is 0 Å². The highest BCUT2D eigenvalue weighted by Gasteiger charge is 2.26. The van der Waals surface area contributed by atoms with Gasteiger partial charge in [-0.25, -0.2) is 9.36 Å². The molecule has 0 aliphatic heterocycles. The SMILES string of the molecule is Nc1cn(C(c2ccccc2)c2ccccc2)c(=O)n(C(c2ccccc2)c2ccccc2)c1=O. The van der Waals surface area contributed by atoms with Crippen molar-refractivity contribution >= 4 is 5.69 Å². The van der Waals surface area contributed by atoms with Gasteiger partial charge in [0.2, 0.25) is 0 Å². The van der Waals surface area contributed by atoms with E-state index >= 15 is 0 Å². The second-order valence-electron chi connectivity index (χ2n) is 8.40. The Bertz CT molecular complexity index is 1450. The molecule has 5 heteroatoms. The molecule has 5 aromatic rings. The number of nitrogens with two attached hydrogens (primary N) is 1. The second kappa shape index (κ2) is 9.69. The molecule has 0 saturated heterocycles. The van der Waals surface area contributed by atoms with Gasteiger partial charge in [0.1, 0.15) is 5.69 Å². The molecule has 0 aliphatic rings. The molecule has 0 unspecified atom stereocenters. The Morgan fingerprint density at radius 1 is 0.514 bits per heavy atom. The quantitative estimate of drug-likeness (QED) is 0.394. The van der Waals surface area contributed by atoms with Crippen LogP contribution in [0.1, 0.15) is 34.3 Å². The molecule has 5 rings (SSSR count). The highest BCUT2D eigenvalue weighted by atomic mass is 16.2. The van der Waals surface area contributed by atoms with Crippen molar-refractivity contribution in [3.8, 4) is 0 Å². The summed E-state index contributed by atoms with van der Waals surface area (Å²) in [5.41, 5.74) is 8.84. The third-order valence-electron chi connectivity index (χ3n) is 6.17. The smallest absolute Gasteiger partial charge is 0.332 e. The highest BCUT2D eigenvalue weighted by Crippen LogP contribution is 2.28. The summed E-state index contributed by atoms with van der Waals surface area (Å²) in [7, 11) is 0. The molecule has 0 atom stereocenters. The van der Waals surface area contributed by atoms with Crippen LogP contribution in [0.3, 0.4) is 0 Å². The summed E-state index contributed by atoms with van der Waals surface area (Å²) in [5, 5.41) is 0. The summed E-state index contributed by atoms with van der Waals surface area (Å²) in [6.07, 6.45) is 1.47. The van der Waals surface area contributed by atoms with Crippen LogP contribution < -0.4 is 17.0 Å². The van der Waals surface area contributed by atoms with Gasteiger partial charge in [0, 0.05) is 6.20 Å². The van der Waals surface area contributed by atoms with Gasteiger partial charge in [0.15, 0.2) is 0 Å². The molecule has 1 heterocycles. The van der Waals surface area contributed by atoms with Gasteiger partial charge in [-0.2, -0.15) is 0 Å². The van der Waals surface area contributed by atoms with E-state index in [1.54, 1.807) is 4.57 Å². The van der Waals surface area contributed by atoms with Gasteiger partial charge < -0.3 is 5.73 Å². The fourth-order valence-electron chi connectivity index (χ4n) is 4.57. The first-order chi connectivity index (χ1) is 17.1. The molecule has 2 N–H and O–H groups in total. The zero-order valence-corrected chi connectivity index (χ0v) is 19.1. The van der Waals surface area contributed by atoms with E-state index in [9.17, 15) is 9.59 Å². The molecular weight excluding hydrogens is 434 g/mol. The minimum Gasteiger partial charge on any atom is -0.393 e. The van der Waals surface area contributed by atoms with E-state index in [1.165, 1.54) is 10.8 Å². The Balaban J connectivity index is 1.81. The number of hydrogen-bond donors (Lipinski definition) is 1. The molecule has 0 fully saturated rings. The van der Waals surface area contributed by atoms with Gasteiger partial charge in [0.25, 0.3) is 5.56 Å². The van der Waals surface area contributed by atoms with E-state index in [-0.39, 0.29) is 5.69 Å². The fraction of sp³-hybridized carbons (Fsp3) is 0.0667. The van der Waals surface area contributed by atoms with Gasteiger partial charge in [-0.3, -0.25) is 9.36 Å².